The van der Waals surface area contributed by atoms with E-state index >= 15 is 0 Å². The first-order valence-corrected chi connectivity index (χ1v) is 11.5. The number of phenolic OH excluding ortho intramolecular Hbond substituents is 1. The molecule has 10 heteroatoms. The van der Waals surface area contributed by atoms with Gasteiger partial charge < -0.3 is 20.3 Å². The summed E-state index contributed by atoms with van der Waals surface area (Å²) in [6.45, 7) is 3.95. The van der Waals surface area contributed by atoms with Crippen LogP contribution in [0.25, 0.3) is 0 Å². The number of para-hydroxylation sites is 1. The summed E-state index contributed by atoms with van der Waals surface area (Å²) in [5.41, 5.74) is 4.77. The molecule has 34 heavy (non-hydrogen) atoms. The molecule has 0 aliphatic heterocycles. The Morgan fingerprint density at radius 3 is 2.35 bits per heavy atom. The Labute approximate surface area is 199 Å². The van der Waals surface area contributed by atoms with Crippen molar-refractivity contribution in [2.75, 3.05) is 19.8 Å². The quantitative estimate of drug-likeness (QED) is 0.274. The first kappa shape index (κ1) is 27.0. The van der Waals surface area contributed by atoms with Crippen molar-refractivity contribution in [3.63, 3.8) is 0 Å². The van der Waals surface area contributed by atoms with Crippen molar-refractivity contribution in [2.45, 2.75) is 57.5 Å². The van der Waals surface area contributed by atoms with Crippen molar-refractivity contribution < 1.29 is 24.4 Å². The highest BCUT2D eigenvalue weighted by Crippen LogP contribution is 2.43. The van der Waals surface area contributed by atoms with Crippen LogP contribution in [0.1, 0.15) is 56.9 Å². The second-order valence-electron chi connectivity index (χ2n) is 8.20. The summed E-state index contributed by atoms with van der Waals surface area (Å²) in [6.07, 6.45) is 5.64. The number of nitrogens with zero attached hydrogens (tertiary/aromatic N) is 2. The van der Waals surface area contributed by atoms with Crippen LogP contribution in [0.2, 0.25) is 0 Å². The van der Waals surface area contributed by atoms with E-state index in [9.17, 15) is 25.3 Å². The summed E-state index contributed by atoms with van der Waals surface area (Å²) in [6, 6.07) is 11.8. The molecule has 2 aromatic carbocycles. The minimum Gasteiger partial charge on any atom is -0.502 e. The molecule has 1 atom stereocenters. The SMILES string of the molecule is CC(COc1ccccc1)OCCCN.O=[N+]([O-])c1cc(C2CCCCC2)c(O)c([N+](=O)[O-])c1. The first-order chi connectivity index (χ1) is 16.3. The van der Waals surface area contributed by atoms with Gasteiger partial charge in [0, 0.05) is 18.2 Å². The number of nitro benzene ring substituents is 2. The topological polar surface area (TPSA) is 151 Å². The molecule has 1 saturated carbocycles. The number of rotatable bonds is 10. The summed E-state index contributed by atoms with van der Waals surface area (Å²) in [4.78, 5) is 20.2. The second kappa shape index (κ2) is 14.1. The van der Waals surface area contributed by atoms with Crippen molar-refractivity contribution >= 4 is 11.4 Å². The molecule has 0 spiro atoms. The molecule has 1 aliphatic carbocycles. The standard InChI is InChI=1S/C12H14N2O5.C12H19NO2/c15-12-10(8-4-2-1-3-5-8)6-9(13(16)17)7-11(12)14(18)19;1-11(14-9-5-8-13)10-15-12-6-3-2-4-7-12/h6-8,15H,1-5H2;2-4,6-7,11H,5,8-10,13H2,1H3. The van der Waals surface area contributed by atoms with Crippen LogP contribution in [-0.2, 0) is 4.74 Å². The van der Waals surface area contributed by atoms with Crippen molar-refractivity contribution in [3.8, 4) is 11.5 Å². The summed E-state index contributed by atoms with van der Waals surface area (Å²) >= 11 is 0. The second-order valence-corrected chi connectivity index (χ2v) is 8.20. The Kier molecular flexibility index (Phi) is 11.2. The van der Waals surface area contributed by atoms with E-state index < -0.39 is 21.3 Å². The van der Waals surface area contributed by atoms with Crippen LogP contribution >= 0.6 is 0 Å². The third-order valence-electron chi connectivity index (χ3n) is 5.54. The van der Waals surface area contributed by atoms with Gasteiger partial charge in [0.2, 0.25) is 0 Å². The van der Waals surface area contributed by atoms with Crippen LogP contribution in [0, 0.1) is 20.2 Å². The highest BCUT2D eigenvalue weighted by Gasteiger charge is 2.28. The fourth-order valence-corrected chi connectivity index (χ4v) is 3.74. The van der Waals surface area contributed by atoms with Crippen molar-refractivity contribution in [1.29, 1.82) is 0 Å². The average Bonchev–Trinajstić information content (AvgIpc) is 2.84. The fourth-order valence-electron chi connectivity index (χ4n) is 3.74. The summed E-state index contributed by atoms with van der Waals surface area (Å²) in [5.74, 6) is 0.418. The summed E-state index contributed by atoms with van der Waals surface area (Å²) in [7, 11) is 0. The van der Waals surface area contributed by atoms with Crippen molar-refractivity contribution in [3.05, 3.63) is 68.3 Å². The first-order valence-electron chi connectivity index (χ1n) is 11.5. The van der Waals surface area contributed by atoms with E-state index in [0.717, 1.165) is 50.3 Å². The Morgan fingerprint density at radius 2 is 1.76 bits per heavy atom. The largest absolute Gasteiger partial charge is 0.502 e. The monoisotopic (exact) mass is 475 g/mol. The van der Waals surface area contributed by atoms with E-state index in [1.165, 1.54) is 6.07 Å². The molecule has 10 nitrogen and oxygen atoms in total. The molecule has 3 rings (SSSR count). The van der Waals surface area contributed by atoms with E-state index in [2.05, 4.69) is 0 Å². The molecular formula is C24H33N3O7. The third kappa shape index (κ3) is 8.60. The van der Waals surface area contributed by atoms with E-state index in [1.54, 1.807) is 0 Å². The molecule has 1 aliphatic rings. The maximum absolute atomic E-state index is 10.9. The lowest BCUT2D eigenvalue weighted by Gasteiger charge is -2.22. The average molecular weight is 476 g/mol. The molecule has 0 heterocycles. The number of non-ortho nitro benzene ring substituents is 1. The van der Waals surface area contributed by atoms with Gasteiger partial charge in [0.1, 0.15) is 12.4 Å². The molecule has 1 unspecified atom stereocenters. The fraction of sp³-hybridized carbons (Fsp3) is 0.500. The van der Waals surface area contributed by atoms with Crippen LogP contribution < -0.4 is 10.5 Å². The predicted molar refractivity (Wildman–Crippen MR) is 128 cm³/mol. The lowest BCUT2D eigenvalue weighted by Crippen LogP contribution is -2.19. The molecule has 2 aromatic rings. The highest BCUT2D eigenvalue weighted by molar-refractivity contribution is 5.58. The normalized spacial score (nSPS) is 14.5. The minimum absolute atomic E-state index is 0.0349. The van der Waals surface area contributed by atoms with E-state index in [1.807, 2.05) is 37.3 Å². The smallest absolute Gasteiger partial charge is 0.317 e. The highest BCUT2D eigenvalue weighted by atomic mass is 16.6. The van der Waals surface area contributed by atoms with Gasteiger partial charge in [-0.15, -0.1) is 0 Å². The predicted octanol–water partition coefficient (Wildman–Crippen LogP) is 5.08. The maximum atomic E-state index is 10.9. The molecule has 0 saturated heterocycles. The molecule has 0 aromatic heterocycles. The van der Waals surface area contributed by atoms with Crippen molar-refractivity contribution in [2.24, 2.45) is 5.73 Å². The lowest BCUT2D eigenvalue weighted by molar-refractivity contribution is -0.394. The van der Waals surface area contributed by atoms with Gasteiger partial charge in [-0.2, -0.15) is 0 Å². The van der Waals surface area contributed by atoms with Gasteiger partial charge in [-0.25, -0.2) is 0 Å². The van der Waals surface area contributed by atoms with Gasteiger partial charge in [-0.05, 0) is 50.8 Å². The number of benzene rings is 2. The molecule has 1 fully saturated rings. The number of hydrogen-bond acceptors (Lipinski definition) is 8. The summed E-state index contributed by atoms with van der Waals surface area (Å²) in [5, 5.41) is 31.6. The zero-order valence-electron chi connectivity index (χ0n) is 19.4. The minimum atomic E-state index is -0.783. The maximum Gasteiger partial charge on any atom is 0.317 e. The third-order valence-corrected chi connectivity index (χ3v) is 5.54. The van der Waals surface area contributed by atoms with Gasteiger partial charge in [0.15, 0.2) is 5.75 Å². The van der Waals surface area contributed by atoms with Gasteiger partial charge >= 0.3 is 5.69 Å². The van der Waals surface area contributed by atoms with Crippen LogP contribution in [-0.4, -0.2) is 40.8 Å². The molecule has 186 valence electrons. The van der Waals surface area contributed by atoms with E-state index in [4.69, 9.17) is 15.2 Å². The molecule has 0 radical (unpaired) electrons. The van der Waals surface area contributed by atoms with Gasteiger partial charge in [0.25, 0.3) is 5.69 Å². The number of hydrogen-bond donors (Lipinski definition) is 2. The summed E-state index contributed by atoms with van der Waals surface area (Å²) < 4.78 is 11.0. The van der Waals surface area contributed by atoms with Gasteiger partial charge in [-0.3, -0.25) is 20.2 Å². The lowest BCUT2D eigenvalue weighted by atomic mass is 9.83. The zero-order valence-corrected chi connectivity index (χ0v) is 19.4. The van der Waals surface area contributed by atoms with Gasteiger partial charge in [-0.1, -0.05) is 37.5 Å². The number of aromatic hydroxyl groups is 1. The Balaban J connectivity index is 0.000000248. The number of ether oxygens (including phenoxy) is 2. The van der Waals surface area contributed by atoms with E-state index in [-0.39, 0.29) is 17.7 Å². The van der Waals surface area contributed by atoms with Crippen molar-refractivity contribution in [1.82, 2.24) is 0 Å². The molecule has 3 N–H and O–H groups in total. The van der Waals surface area contributed by atoms with Crippen LogP contribution in [0.4, 0.5) is 11.4 Å². The van der Waals surface area contributed by atoms with Crippen LogP contribution in [0.3, 0.4) is 0 Å². The van der Waals surface area contributed by atoms with E-state index in [0.29, 0.717) is 25.3 Å². The molecule has 0 amide bonds. The zero-order chi connectivity index (χ0) is 24.9. The Morgan fingerprint density at radius 1 is 1.09 bits per heavy atom. The molecule has 0 bridgehead atoms. The Hall–Kier alpha value is -3.24. The van der Waals surface area contributed by atoms with Crippen LogP contribution in [0.15, 0.2) is 42.5 Å². The van der Waals surface area contributed by atoms with Crippen LogP contribution in [0.5, 0.6) is 11.5 Å². The number of phenols is 1. The number of nitro groups is 2. The number of nitrogens with two attached hydrogens (primary N) is 1. The molecular weight excluding hydrogens is 442 g/mol. The van der Waals surface area contributed by atoms with Gasteiger partial charge in [0.05, 0.1) is 22.0 Å². The Bertz CT molecular complexity index is 918.